The second kappa shape index (κ2) is 8.96. The zero-order valence-corrected chi connectivity index (χ0v) is 18.3. The first-order chi connectivity index (χ1) is 16.1. The second-order valence-electron chi connectivity index (χ2n) is 8.23. The van der Waals surface area contributed by atoms with Crippen LogP contribution >= 0.6 is 0 Å². The van der Waals surface area contributed by atoms with Crippen molar-refractivity contribution in [3.05, 3.63) is 90.6 Å². The summed E-state index contributed by atoms with van der Waals surface area (Å²) in [6, 6.07) is 22.6. The molecule has 2 aromatic heterocycles. The quantitative estimate of drug-likeness (QED) is 0.452. The SMILES string of the molecule is CC(O)CN(CC(=O)N1N=C(c2cc3ccccc3o2)CC1c1ccco1)c1ccccc1. The molecule has 2 aromatic carbocycles. The summed E-state index contributed by atoms with van der Waals surface area (Å²) in [4.78, 5) is 15.4. The van der Waals surface area contributed by atoms with Crippen molar-refractivity contribution in [2.75, 3.05) is 18.0 Å². The number of aliphatic hydroxyl groups is 1. The summed E-state index contributed by atoms with van der Waals surface area (Å²) in [6.45, 7) is 2.11. The Labute approximate surface area is 191 Å². The summed E-state index contributed by atoms with van der Waals surface area (Å²) in [6.07, 6.45) is 1.49. The van der Waals surface area contributed by atoms with Gasteiger partial charge in [0.1, 0.15) is 23.1 Å². The maximum absolute atomic E-state index is 13.5. The Kier molecular flexibility index (Phi) is 5.71. The number of nitrogens with zero attached hydrogens (tertiary/aromatic N) is 3. The minimum absolute atomic E-state index is 0.0725. The van der Waals surface area contributed by atoms with Gasteiger partial charge in [-0.25, -0.2) is 5.01 Å². The fourth-order valence-corrected chi connectivity index (χ4v) is 4.17. The van der Waals surface area contributed by atoms with Crippen molar-refractivity contribution in [2.45, 2.75) is 25.5 Å². The smallest absolute Gasteiger partial charge is 0.262 e. The molecule has 1 aliphatic rings. The summed E-state index contributed by atoms with van der Waals surface area (Å²) in [5, 5.41) is 17.2. The van der Waals surface area contributed by atoms with E-state index in [9.17, 15) is 9.90 Å². The number of hydrogen-bond donors (Lipinski definition) is 1. The van der Waals surface area contributed by atoms with Crippen molar-refractivity contribution in [3.8, 4) is 0 Å². The number of furan rings is 2. The fraction of sp³-hybridized carbons (Fsp3) is 0.231. The molecule has 33 heavy (non-hydrogen) atoms. The molecular weight excluding hydrogens is 418 g/mol. The monoisotopic (exact) mass is 443 g/mol. The van der Waals surface area contributed by atoms with Crippen LogP contribution < -0.4 is 4.90 Å². The van der Waals surface area contributed by atoms with Crippen molar-refractivity contribution < 1.29 is 18.7 Å². The van der Waals surface area contributed by atoms with Crippen molar-refractivity contribution in [1.82, 2.24) is 5.01 Å². The first-order valence-corrected chi connectivity index (χ1v) is 11.0. The molecule has 4 aromatic rings. The highest BCUT2D eigenvalue weighted by Crippen LogP contribution is 2.34. The van der Waals surface area contributed by atoms with Crippen LogP contribution in [0.5, 0.6) is 0 Å². The molecule has 7 heteroatoms. The van der Waals surface area contributed by atoms with Crippen LogP contribution in [0.1, 0.15) is 30.9 Å². The van der Waals surface area contributed by atoms with Crippen molar-refractivity contribution in [3.63, 3.8) is 0 Å². The predicted molar refractivity (Wildman–Crippen MR) is 126 cm³/mol. The normalized spacial score (nSPS) is 16.7. The van der Waals surface area contributed by atoms with Gasteiger partial charge >= 0.3 is 0 Å². The van der Waals surface area contributed by atoms with Gasteiger partial charge in [-0.3, -0.25) is 4.79 Å². The van der Waals surface area contributed by atoms with E-state index in [1.165, 1.54) is 5.01 Å². The first kappa shape index (κ1) is 21.0. The molecule has 5 rings (SSSR count). The van der Waals surface area contributed by atoms with Crippen LogP contribution in [0.25, 0.3) is 11.0 Å². The number of fused-ring (bicyclic) bond motifs is 1. The Morgan fingerprint density at radius 1 is 1.15 bits per heavy atom. The predicted octanol–water partition coefficient (Wildman–Crippen LogP) is 4.59. The molecule has 0 aliphatic carbocycles. The third-order valence-corrected chi connectivity index (χ3v) is 5.68. The van der Waals surface area contributed by atoms with Gasteiger partial charge < -0.3 is 18.8 Å². The van der Waals surface area contributed by atoms with Crippen LogP contribution in [-0.2, 0) is 4.79 Å². The molecule has 0 saturated carbocycles. The Bertz CT molecular complexity index is 1230. The number of benzene rings is 2. The van der Waals surface area contributed by atoms with Crippen molar-refractivity contribution in [2.24, 2.45) is 5.10 Å². The Balaban J connectivity index is 1.45. The minimum atomic E-state index is -0.591. The number of amides is 1. The number of para-hydroxylation sites is 2. The van der Waals surface area contributed by atoms with E-state index < -0.39 is 6.10 Å². The van der Waals surface area contributed by atoms with Gasteiger partial charge in [0.05, 0.1) is 18.9 Å². The Morgan fingerprint density at radius 2 is 1.94 bits per heavy atom. The molecule has 2 atom stereocenters. The van der Waals surface area contributed by atoms with E-state index in [0.29, 0.717) is 30.2 Å². The second-order valence-corrected chi connectivity index (χ2v) is 8.23. The van der Waals surface area contributed by atoms with E-state index >= 15 is 0 Å². The Hall–Kier alpha value is -3.84. The molecule has 7 nitrogen and oxygen atoms in total. The van der Waals surface area contributed by atoms with Crippen LogP contribution in [0, 0.1) is 0 Å². The molecule has 0 spiro atoms. The molecule has 0 radical (unpaired) electrons. The summed E-state index contributed by atoms with van der Waals surface area (Å²) in [5.74, 6) is 1.12. The molecule has 0 fully saturated rings. The van der Waals surface area contributed by atoms with E-state index in [2.05, 4.69) is 5.10 Å². The number of carbonyl (C=O) groups is 1. The van der Waals surface area contributed by atoms with Crippen LogP contribution in [0.15, 0.2) is 93.0 Å². The molecule has 0 bridgehead atoms. The number of aliphatic hydroxyl groups excluding tert-OH is 1. The topological polar surface area (TPSA) is 82.4 Å². The third kappa shape index (κ3) is 4.40. The average molecular weight is 444 g/mol. The summed E-state index contributed by atoms with van der Waals surface area (Å²) in [7, 11) is 0. The molecular formula is C26H25N3O4. The van der Waals surface area contributed by atoms with Gasteiger partial charge in [-0.15, -0.1) is 0 Å². The molecule has 1 aliphatic heterocycles. The van der Waals surface area contributed by atoms with Gasteiger partial charge in [0.25, 0.3) is 5.91 Å². The fourth-order valence-electron chi connectivity index (χ4n) is 4.17. The van der Waals surface area contributed by atoms with Crippen LogP contribution in [-0.4, -0.2) is 40.9 Å². The summed E-state index contributed by atoms with van der Waals surface area (Å²) in [5.41, 5.74) is 2.34. The lowest BCUT2D eigenvalue weighted by Gasteiger charge is -2.28. The summed E-state index contributed by atoms with van der Waals surface area (Å²) >= 11 is 0. The highest BCUT2D eigenvalue weighted by Gasteiger charge is 2.36. The molecule has 1 amide bonds. The number of hydrogen-bond acceptors (Lipinski definition) is 6. The maximum Gasteiger partial charge on any atom is 0.262 e. The van der Waals surface area contributed by atoms with Crippen molar-refractivity contribution in [1.29, 1.82) is 0 Å². The highest BCUT2D eigenvalue weighted by molar-refractivity contribution is 6.03. The standard InChI is InChI=1S/C26H25N3O4/c1-18(30)16-28(20-9-3-2-4-10-20)17-26(31)29-22(24-12-7-13-32-24)15-21(27-29)25-14-19-8-5-6-11-23(19)33-25/h2-14,18,22,30H,15-17H2,1H3. The molecule has 168 valence electrons. The van der Waals surface area contributed by atoms with E-state index in [1.807, 2.05) is 71.6 Å². The Morgan fingerprint density at radius 3 is 2.67 bits per heavy atom. The zero-order chi connectivity index (χ0) is 22.8. The number of carbonyl (C=O) groups excluding carboxylic acids is 1. The maximum atomic E-state index is 13.5. The van der Waals surface area contributed by atoms with Crippen molar-refractivity contribution >= 4 is 28.3 Å². The molecule has 0 saturated heterocycles. The summed E-state index contributed by atoms with van der Waals surface area (Å²) < 4.78 is 11.6. The minimum Gasteiger partial charge on any atom is -0.467 e. The number of anilines is 1. The van der Waals surface area contributed by atoms with E-state index in [-0.39, 0.29) is 18.5 Å². The van der Waals surface area contributed by atoms with Gasteiger partial charge in [-0.05, 0) is 43.3 Å². The van der Waals surface area contributed by atoms with Crippen LogP contribution in [0.4, 0.5) is 5.69 Å². The van der Waals surface area contributed by atoms with E-state index in [1.54, 1.807) is 19.3 Å². The van der Waals surface area contributed by atoms with E-state index in [4.69, 9.17) is 8.83 Å². The lowest BCUT2D eigenvalue weighted by Crippen LogP contribution is -2.41. The van der Waals surface area contributed by atoms with Crippen LogP contribution in [0.3, 0.4) is 0 Å². The van der Waals surface area contributed by atoms with E-state index in [0.717, 1.165) is 16.7 Å². The largest absolute Gasteiger partial charge is 0.467 e. The highest BCUT2D eigenvalue weighted by atomic mass is 16.3. The molecule has 2 unspecified atom stereocenters. The van der Waals surface area contributed by atoms with Gasteiger partial charge in [-0.2, -0.15) is 5.10 Å². The van der Waals surface area contributed by atoms with Crippen LogP contribution in [0.2, 0.25) is 0 Å². The first-order valence-electron chi connectivity index (χ1n) is 11.0. The van der Waals surface area contributed by atoms with Gasteiger partial charge in [0, 0.05) is 24.0 Å². The van der Waals surface area contributed by atoms with Gasteiger partial charge in [-0.1, -0.05) is 36.4 Å². The lowest BCUT2D eigenvalue weighted by atomic mass is 10.1. The molecule has 1 N–H and O–H groups in total. The molecule has 3 heterocycles. The van der Waals surface area contributed by atoms with Gasteiger partial charge in [0.2, 0.25) is 0 Å². The number of rotatable bonds is 7. The third-order valence-electron chi connectivity index (χ3n) is 5.68. The lowest BCUT2D eigenvalue weighted by molar-refractivity contribution is -0.131. The zero-order valence-electron chi connectivity index (χ0n) is 18.3. The van der Waals surface area contributed by atoms with Gasteiger partial charge in [0.15, 0.2) is 5.76 Å². The number of hydrazone groups is 1. The average Bonchev–Trinajstić information content (AvgIpc) is 3.57.